The highest BCUT2D eigenvalue weighted by Crippen LogP contribution is 2.20. The maximum atomic E-state index is 13.2. The Morgan fingerprint density at radius 1 is 0.816 bits per heavy atom. The van der Waals surface area contributed by atoms with Crippen LogP contribution >= 0.6 is 0 Å². The Hall–Kier alpha value is -4.64. The van der Waals surface area contributed by atoms with Crippen molar-refractivity contribution < 1.29 is 24.3 Å². The zero-order valence-corrected chi connectivity index (χ0v) is 20.8. The van der Waals surface area contributed by atoms with E-state index in [0.717, 1.165) is 32.9 Å². The molecule has 11 heteroatoms. The molecule has 0 saturated carbocycles. The molecule has 3 amide bonds. The quantitative estimate of drug-likeness (QED) is 0.155. The molecule has 4 aromatic rings. The van der Waals surface area contributed by atoms with Gasteiger partial charge in [-0.15, -0.1) is 0 Å². The van der Waals surface area contributed by atoms with Gasteiger partial charge in [0.15, 0.2) is 0 Å². The van der Waals surface area contributed by atoms with Gasteiger partial charge in [-0.05, 0) is 36.6 Å². The van der Waals surface area contributed by atoms with E-state index in [2.05, 4.69) is 25.9 Å². The summed E-state index contributed by atoms with van der Waals surface area (Å²) in [4.78, 5) is 55.6. The van der Waals surface area contributed by atoms with E-state index in [9.17, 15) is 19.2 Å². The number of rotatable bonds is 11. The van der Waals surface area contributed by atoms with Gasteiger partial charge in [0.25, 0.3) is 0 Å². The van der Waals surface area contributed by atoms with E-state index < -0.39 is 48.4 Å². The topological polar surface area (TPSA) is 182 Å². The maximum Gasteiger partial charge on any atom is 0.322 e. The van der Waals surface area contributed by atoms with E-state index in [0.29, 0.717) is 0 Å². The average molecular weight is 519 g/mol. The zero-order chi connectivity index (χ0) is 27.2. The summed E-state index contributed by atoms with van der Waals surface area (Å²) in [5.74, 6) is -2.97. The Morgan fingerprint density at radius 3 is 1.95 bits per heavy atom. The van der Waals surface area contributed by atoms with Crippen LogP contribution in [0.5, 0.6) is 0 Å². The summed E-state index contributed by atoms with van der Waals surface area (Å²) in [6.07, 6.45) is 3.98. The molecule has 0 spiro atoms. The Labute approximate surface area is 218 Å². The monoisotopic (exact) mass is 518 g/mol. The van der Waals surface area contributed by atoms with Crippen LogP contribution in [0, 0.1) is 0 Å². The van der Waals surface area contributed by atoms with Crippen molar-refractivity contribution in [2.45, 2.75) is 37.9 Å². The van der Waals surface area contributed by atoms with Crippen molar-refractivity contribution in [2.24, 2.45) is 5.73 Å². The third-order valence-corrected chi connectivity index (χ3v) is 6.35. The van der Waals surface area contributed by atoms with Crippen molar-refractivity contribution in [3.8, 4) is 0 Å². The van der Waals surface area contributed by atoms with Crippen LogP contribution in [-0.4, -0.2) is 63.4 Å². The van der Waals surface area contributed by atoms with E-state index in [1.54, 1.807) is 6.20 Å². The van der Waals surface area contributed by atoms with Gasteiger partial charge >= 0.3 is 5.97 Å². The molecule has 2 aromatic heterocycles. The van der Waals surface area contributed by atoms with Crippen LogP contribution < -0.4 is 21.7 Å². The Morgan fingerprint density at radius 2 is 1.37 bits per heavy atom. The number of fused-ring (bicyclic) bond motifs is 2. The van der Waals surface area contributed by atoms with E-state index in [4.69, 9.17) is 10.8 Å². The van der Waals surface area contributed by atoms with Crippen molar-refractivity contribution >= 4 is 45.5 Å². The molecule has 2 aromatic carbocycles. The van der Waals surface area contributed by atoms with Crippen LogP contribution in [0.2, 0.25) is 0 Å². The third kappa shape index (κ3) is 6.19. The molecule has 0 bridgehead atoms. The number of benzene rings is 2. The molecule has 198 valence electrons. The second-order valence-corrected chi connectivity index (χ2v) is 9.14. The fourth-order valence-electron chi connectivity index (χ4n) is 4.33. The number of carboxylic acids is 1. The maximum absolute atomic E-state index is 13.2. The van der Waals surface area contributed by atoms with Crippen molar-refractivity contribution in [3.63, 3.8) is 0 Å². The molecule has 0 radical (unpaired) electrons. The molecule has 3 unspecified atom stereocenters. The molecule has 38 heavy (non-hydrogen) atoms. The predicted octanol–water partition coefficient (Wildman–Crippen LogP) is 0.952. The van der Waals surface area contributed by atoms with Crippen LogP contribution in [0.1, 0.15) is 18.1 Å². The first-order chi connectivity index (χ1) is 18.2. The number of nitrogens with one attached hydrogen (secondary N) is 5. The average Bonchev–Trinajstić information content (AvgIpc) is 3.50. The van der Waals surface area contributed by atoms with Gasteiger partial charge in [-0.2, -0.15) is 0 Å². The molecule has 0 aliphatic heterocycles. The number of aliphatic carboxylic acids is 1. The minimum atomic E-state index is -1.20. The van der Waals surface area contributed by atoms with Crippen molar-refractivity contribution in [2.75, 3.05) is 6.54 Å². The van der Waals surface area contributed by atoms with E-state index in [1.807, 2.05) is 54.7 Å². The molecule has 3 atom stereocenters. The number of hydrogen-bond acceptors (Lipinski definition) is 5. The van der Waals surface area contributed by atoms with Crippen molar-refractivity contribution in [1.29, 1.82) is 0 Å². The molecule has 2 heterocycles. The first kappa shape index (κ1) is 26.4. The lowest BCUT2D eigenvalue weighted by Gasteiger charge is -2.22. The molecule has 0 fully saturated rings. The van der Waals surface area contributed by atoms with Crippen LogP contribution in [0.15, 0.2) is 60.9 Å². The number of amides is 3. The summed E-state index contributed by atoms with van der Waals surface area (Å²) in [7, 11) is 0. The minimum absolute atomic E-state index is 0.144. The number of carbonyl (C=O) groups excluding carboxylic acids is 3. The van der Waals surface area contributed by atoms with Crippen LogP contribution in [0.3, 0.4) is 0 Å². The fourth-order valence-corrected chi connectivity index (χ4v) is 4.33. The highest BCUT2D eigenvalue weighted by atomic mass is 16.4. The molecular weight excluding hydrogens is 488 g/mol. The summed E-state index contributed by atoms with van der Waals surface area (Å²) in [5, 5.41) is 18.2. The summed E-state index contributed by atoms with van der Waals surface area (Å²) < 4.78 is 0. The van der Waals surface area contributed by atoms with Gasteiger partial charge in [0.05, 0.1) is 6.04 Å². The SMILES string of the molecule is CC(NC(=O)C(Cc1c[nH]c2ccccc12)NC(=O)C(N)Cc1c[nH]c2ccccc12)C(=O)NCC(=O)O. The third-order valence-electron chi connectivity index (χ3n) is 6.35. The number of carboxylic acid groups (broad SMARTS) is 1. The Kier molecular flexibility index (Phi) is 8.07. The van der Waals surface area contributed by atoms with Gasteiger partial charge < -0.3 is 36.8 Å². The molecular formula is C27H30N6O5. The summed E-state index contributed by atoms with van der Waals surface area (Å²) >= 11 is 0. The largest absolute Gasteiger partial charge is 0.480 e. The Bertz CT molecular complexity index is 1470. The van der Waals surface area contributed by atoms with Gasteiger partial charge in [0.2, 0.25) is 17.7 Å². The summed E-state index contributed by atoms with van der Waals surface area (Å²) in [6.45, 7) is 0.861. The van der Waals surface area contributed by atoms with Crippen LogP contribution in [0.4, 0.5) is 0 Å². The van der Waals surface area contributed by atoms with Gasteiger partial charge in [-0.25, -0.2) is 0 Å². The number of hydrogen-bond donors (Lipinski definition) is 7. The molecule has 0 aliphatic carbocycles. The lowest BCUT2D eigenvalue weighted by atomic mass is 10.0. The normalized spacial score (nSPS) is 13.5. The van der Waals surface area contributed by atoms with Crippen molar-refractivity contribution in [3.05, 3.63) is 72.1 Å². The number of nitrogens with two attached hydrogens (primary N) is 1. The second-order valence-electron chi connectivity index (χ2n) is 9.14. The second kappa shape index (κ2) is 11.6. The smallest absolute Gasteiger partial charge is 0.322 e. The molecule has 0 aliphatic rings. The van der Waals surface area contributed by atoms with E-state index in [-0.39, 0.29) is 12.8 Å². The predicted molar refractivity (Wildman–Crippen MR) is 142 cm³/mol. The number of aromatic amines is 2. The number of H-pyrrole nitrogens is 2. The van der Waals surface area contributed by atoms with Crippen molar-refractivity contribution in [1.82, 2.24) is 25.9 Å². The summed E-state index contributed by atoms with van der Waals surface area (Å²) in [6, 6.07) is 12.3. The lowest BCUT2D eigenvalue weighted by Crippen LogP contribution is -2.56. The van der Waals surface area contributed by atoms with Crippen LogP contribution in [0.25, 0.3) is 21.8 Å². The zero-order valence-electron chi connectivity index (χ0n) is 20.8. The fraction of sp³-hybridized carbons (Fsp3) is 0.259. The van der Waals surface area contributed by atoms with E-state index in [1.165, 1.54) is 6.92 Å². The molecule has 0 saturated heterocycles. The number of carbonyl (C=O) groups is 4. The van der Waals surface area contributed by atoms with Gasteiger partial charge in [0, 0.05) is 40.6 Å². The minimum Gasteiger partial charge on any atom is -0.480 e. The van der Waals surface area contributed by atoms with Gasteiger partial charge in [-0.1, -0.05) is 36.4 Å². The van der Waals surface area contributed by atoms with Gasteiger partial charge in [0.1, 0.15) is 18.6 Å². The first-order valence-electron chi connectivity index (χ1n) is 12.2. The molecule has 4 rings (SSSR count). The highest BCUT2D eigenvalue weighted by molar-refractivity contribution is 5.94. The van der Waals surface area contributed by atoms with E-state index >= 15 is 0 Å². The lowest BCUT2D eigenvalue weighted by molar-refractivity contribution is -0.138. The first-order valence-corrected chi connectivity index (χ1v) is 12.2. The molecule has 11 nitrogen and oxygen atoms in total. The highest BCUT2D eigenvalue weighted by Gasteiger charge is 2.28. The Balaban J connectivity index is 1.49. The number of aromatic nitrogens is 2. The standard InChI is InChI=1S/C27H30N6O5/c1-15(25(36)31-14-24(34)35)32-27(38)23(11-17-13-30-22-9-5-3-7-19(17)22)33-26(37)20(28)10-16-12-29-21-8-4-2-6-18(16)21/h2-9,12-13,15,20,23,29-30H,10-11,14,28H2,1H3,(H,31,36)(H,32,38)(H,33,37)(H,34,35). The summed E-state index contributed by atoms with van der Waals surface area (Å²) in [5.41, 5.74) is 9.74. The van der Waals surface area contributed by atoms with Gasteiger partial charge in [-0.3, -0.25) is 19.2 Å². The molecule has 8 N–H and O–H groups in total. The number of para-hydroxylation sites is 2. The van der Waals surface area contributed by atoms with Crippen LogP contribution in [-0.2, 0) is 32.0 Å².